The van der Waals surface area contributed by atoms with E-state index in [0.29, 0.717) is 35.4 Å². The standard InChI is InChI=1S/C19H25ClN4O2/c1-13(16-21-18(22-26-16)19(2,3)4)23-8-10-24(11-9-23)17(25)14-6-5-7-15(20)12-14/h5-7,12-13H,8-11H2,1-4H3/t13-/m1/s1. The highest BCUT2D eigenvalue weighted by molar-refractivity contribution is 6.30. The fourth-order valence-electron chi connectivity index (χ4n) is 2.98. The van der Waals surface area contributed by atoms with Crippen LogP contribution in [0, 0.1) is 0 Å². The van der Waals surface area contributed by atoms with Gasteiger partial charge in [-0.05, 0) is 25.1 Å². The molecule has 0 unspecified atom stereocenters. The molecule has 1 atom stereocenters. The number of nitrogens with zero attached hydrogens (tertiary/aromatic N) is 4. The van der Waals surface area contributed by atoms with E-state index in [-0.39, 0.29) is 17.4 Å². The zero-order valence-electron chi connectivity index (χ0n) is 15.7. The van der Waals surface area contributed by atoms with E-state index < -0.39 is 0 Å². The van der Waals surface area contributed by atoms with Crippen LogP contribution in [0.1, 0.15) is 55.8 Å². The molecule has 1 amide bonds. The number of hydrogen-bond donors (Lipinski definition) is 0. The predicted octanol–water partition coefficient (Wildman–Crippen LogP) is 3.54. The Bertz CT molecular complexity index is 776. The molecule has 1 aromatic heterocycles. The van der Waals surface area contributed by atoms with Crippen LogP contribution in [-0.2, 0) is 5.41 Å². The number of carbonyl (C=O) groups is 1. The summed E-state index contributed by atoms with van der Waals surface area (Å²) in [5.41, 5.74) is 0.495. The molecule has 0 aliphatic carbocycles. The minimum atomic E-state index is -0.135. The van der Waals surface area contributed by atoms with Gasteiger partial charge >= 0.3 is 0 Å². The zero-order valence-corrected chi connectivity index (χ0v) is 16.5. The van der Waals surface area contributed by atoms with Crippen LogP contribution in [0.15, 0.2) is 28.8 Å². The van der Waals surface area contributed by atoms with Gasteiger partial charge in [0.15, 0.2) is 5.82 Å². The predicted molar refractivity (Wildman–Crippen MR) is 100 cm³/mol. The third kappa shape index (κ3) is 4.07. The van der Waals surface area contributed by atoms with E-state index in [1.54, 1.807) is 24.3 Å². The van der Waals surface area contributed by atoms with E-state index in [4.69, 9.17) is 16.1 Å². The van der Waals surface area contributed by atoms with Crippen LogP contribution in [0.5, 0.6) is 0 Å². The number of benzene rings is 1. The molecule has 1 aromatic carbocycles. The van der Waals surface area contributed by atoms with Crippen LogP contribution in [0.4, 0.5) is 0 Å². The van der Waals surface area contributed by atoms with E-state index >= 15 is 0 Å². The summed E-state index contributed by atoms with van der Waals surface area (Å²) in [6, 6.07) is 7.12. The van der Waals surface area contributed by atoms with Crippen molar-refractivity contribution in [3.05, 3.63) is 46.6 Å². The van der Waals surface area contributed by atoms with Gasteiger partial charge in [-0.1, -0.05) is 43.6 Å². The van der Waals surface area contributed by atoms with E-state index in [1.807, 2.05) is 4.90 Å². The lowest BCUT2D eigenvalue weighted by molar-refractivity contribution is 0.0551. The zero-order chi connectivity index (χ0) is 18.9. The van der Waals surface area contributed by atoms with E-state index in [0.717, 1.165) is 13.1 Å². The number of aromatic nitrogens is 2. The Morgan fingerprint density at radius 3 is 2.50 bits per heavy atom. The van der Waals surface area contributed by atoms with Gasteiger partial charge < -0.3 is 9.42 Å². The second-order valence-corrected chi connectivity index (χ2v) is 8.16. The molecule has 7 heteroatoms. The van der Waals surface area contributed by atoms with E-state index in [2.05, 4.69) is 42.7 Å². The number of rotatable bonds is 3. The van der Waals surface area contributed by atoms with Crippen LogP contribution in [0.2, 0.25) is 5.02 Å². The molecule has 2 heterocycles. The number of halogens is 1. The summed E-state index contributed by atoms with van der Waals surface area (Å²) < 4.78 is 5.46. The first-order valence-corrected chi connectivity index (χ1v) is 9.26. The van der Waals surface area contributed by atoms with Gasteiger partial charge in [-0.2, -0.15) is 4.98 Å². The Kier molecular flexibility index (Phi) is 5.34. The molecular weight excluding hydrogens is 352 g/mol. The van der Waals surface area contributed by atoms with Crippen molar-refractivity contribution in [1.82, 2.24) is 19.9 Å². The fourth-order valence-corrected chi connectivity index (χ4v) is 3.17. The first-order chi connectivity index (χ1) is 12.3. The van der Waals surface area contributed by atoms with Crippen molar-refractivity contribution in [3.63, 3.8) is 0 Å². The summed E-state index contributed by atoms with van der Waals surface area (Å²) in [6.45, 7) is 11.1. The summed E-state index contributed by atoms with van der Waals surface area (Å²) in [6.07, 6.45) is 0. The van der Waals surface area contributed by atoms with Gasteiger partial charge in [0, 0.05) is 42.2 Å². The molecule has 1 fully saturated rings. The maximum Gasteiger partial charge on any atom is 0.253 e. The Balaban J connectivity index is 1.61. The second kappa shape index (κ2) is 7.37. The van der Waals surface area contributed by atoms with E-state index in [9.17, 15) is 4.79 Å². The summed E-state index contributed by atoms with van der Waals surface area (Å²) >= 11 is 5.99. The fraction of sp³-hybridized carbons (Fsp3) is 0.526. The van der Waals surface area contributed by atoms with Crippen molar-refractivity contribution in [3.8, 4) is 0 Å². The lowest BCUT2D eigenvalue weighted by Gasteiger charge is -2.36. The Morgan fingerprint density at radius 2 is 1.92 bits per heavy atom. The minimum Gasteiger partial charge on any atom is -0.338 e. The summed E-state index contributed by atoms with van der Waals surface area (Å²) in [5, 5.41) is 4.68. The van der Waals surface area contributed by atoms with Crippen molar-refractivity contribution in [2.75, 3.05) is 26.2 Å². The molecule has 2 aromatic rings. The summed E-state index contributed by atoms with van der Waals surface area (Å²) in [5.74, 6) is 1.37. The van der Waals surface area contributed by atoms with Gasteiger partial charge in [-0.15, -0.1) is 0 Å². The van der Waals surface area contributed by atoms with Gasteiger partial charge in [-0.25, -0.2) is 0 Å². The molecule has 1 aliphatic heterocycles. The second-order valence-electron chi connectivity index (χ2n) is 7.72. The quantitative estimate of drug-likeness (QED) is 0.819. The Labute approximate surface area is 159 Å². The largest absolute Gasteiger partial charge is 0.338 e. The molecule has 1 saturated heterocycles. The number of hydrogen-bond acceptors (Lipinski definition) is 5. The molecule has 0 bridgehead atoms. The molecule has 6 nitrogen and oxygen atoms in total. The van der Waals surface area contributed by atoms with Crippen LogP contribution in [-0.4, -0.2) is 52.0 Å². The normalized spacial score (nSPS) is 17.3. The van der Waals surface area contributed by atoms with Crippen LogP contribution in [0.25, 0.3) is 0 Å². The van der Waals surface area contributed by atoms with Gasteiger partial charge in [0.25, 0.3) is 5.91 Å². The molecule has 0 N–H and O–H groups in total. The lowest BCUT2D eigenvalue weighted by atomic mass is 9.96. The number of piperazine rings is 1. The highest BCUT2D eigenvalue weighted by Gasteiger charge is 2.29. The Morgan fingerprint density at radius 1 is 1.23 bits per heavy atom. The van der Waals surface area contributed by atoms with Gasteiger partial charge in [-0.3, -0.25) is 9.69 Å². The molecule has 140 valence electrons. The third-order valence-corrected chi connectivity index (χ3v) is 4.93. The maximum absolute atomic E-state index is 12.6. The Hall–Kier alpha value is -1.92. The monoisotopic (exact) mass is 376 g/mol. The first kappa shape index (κ1) is 18.9. The van der Waals surface area contributed by atoms with Crippen molar-refractivity contribution >= 4 is 17.5 Å². The molecular formula is C19H25ClN4O2. The van der Waals surface area contributed by atoms with Crippen LogP contribution < -0.4 is 0 Å². The van der Waals surface area contributed by atoms with Gasteiger partial charge in [0.1, 0.15) is 0 Å². The van der Waals surface area contributed by atoms with Crippen LogP contribution >= 0.6 is 11.6 Å². The summed E-state index contributed by atoms with van der Waals surface area (Å²) in [7, 11) is 0. The smallest absolute Gasteiger partial charge is 0.253 e. The maximum atomic E-state index is 12.6. The first-order valence-electron chi connectivity index (χ1n) is 8.88. The van der Waals surface area contributed by atoms with Crippen molar-refractivity contribution < 1.29 is 9.32 Å². The topological polar surface area (TPSA) is 62.5 Å². The summed E-state index contributed by atoms with van der Waals surface area (Å²) in [4.78, 5) is 21.3. The molecule has 0 spiro atoms. The molecule has 3 rings (SSSR count). The minimum absolute atomic E-state index is 0.0209. The van der Waals surface area contributed by atoms with Crippen molar-refractivity contribution in [2.24, 2.45) is 0 Å². The highest BCUT2D eigenvalue weighted by Crippen LogP contribution is 2.25. The molecule has 0 radical (unpaired) electrons. The molecule has 26 heavy (non-hydrogen) atoms. The number of amides is 1. The van der Waals surface area contributed by atoms with Crippen molar-refractivity contribution in [2.45, 2.75) is 39.2 Å². The molecule has 0 saturated carbocycles. The number of carbonyl (C=O) groups excluding carboxylic acids is 1. The van der Waals surface area contributed by atoms with Gasteiger partial charge in [0.2, 0.25) is 5.89 Å². The van der Waals surface area contributed by atoms with E-state index in [1.165, 1.54) is 0 Å². The third-order valence-electron chi connectivity index (χ3n) is 4.69. The lowest BCUT2D eigenvalue weighted by Crippen LogP contribution is -2.49. The SMILES string of the molecule is C[C@H](c1nc(C(C)(C)C)no1)N1CCN(C(=O)c2cccc(Cl)c2)CC1. The highest BCUT2D eigenvalue weighted by atomic mass is 35.5. The van der Waals surface area contributed by atoms with Crippen LogP contribution in [0.3, 0.4) is 0 Å². The van der Waals surface area contributed by atoms with Gasteiger partial charge in [0.05, 0.1) is 6.04 Å². The molecule has 1 aliphatic rings. The average molecular weight is 377 g/mol. The van der Waals surface area contributed by atoms with Crippen molar-refractivity contribution in [1.29, 1.82) is 0 Å². The average Bonchev–Trinajstić information content (AvgIpc) is 3.11.